The van der Waals surface area contributed by atoms with Gasteiger partial charge in [-0.3, -0.25) is 0 Å². The summed E-state index contributed by atoms with van der Waals surface area (Å²) in [5, 5.41) is 4.31. The fourth-order valence-electron chi connectivity index (χ4n) is 1.26. The molecule has 15 heavy (non-hydrogen) atoms. The molecule has 0 atom stereocenters. The summed E-state index contributed by atoms with van der Waals surface area (Å²) in [4.78, 5) is 1.13. The Balaban J connectivity index is 2.54. The molecule has 0 aliphatic rings. The zero-order valence-corrected chi connectivity index (χ0v) is 10.7. The number of anilines is 1. The summed E-state index contributed by atoms with van der Waals surface area (Å²) in [5.74, 6) is 2.63. The molecule has 0 saturated heterocycles. The predicted octanol–water partition coefficient (Wildman–Crippen LogP) is 3.01. The second-order valence-corrected chi connectivity index (χ2v) is 5.28. The summed E-state index contributed by atoms with van der Waals surface area (Å²) in [6, 6.07) is 0. The van der Waals surface area contributed by atoms with Gasteiger partial charge in [0.2, 0.25) is 0 Å². The van der Waals surface area contributed by atoms with Crippen LogP contribution in [0.4, 0.5) is 5.82 Å². The van der Waals surface area contributed by atoms with E-state index in [1.807, 2.05) is 10.9 Å². The van der Waals surface area contributed by atoms with E-state index < -0.39 is 0 Å². The van der Waals surface area contributed by atoms with Gasteiger partial charge in [0.1, 0.15) is 5.82 Å². The van der Waals surface area contributed by atoms with E-state index in [1.165, 1.54) is 6.42 Å². The van der Waals surface area contributed by atoms with Crippen molar-refractivity contribution in [1.29, 1.82) is 0 Å². The highest BCUT2D eigenvalue weighted by Gasteiger charge is 2.07. The molecule has 0 fully saturated rings. The van der Waals surface area contributed by atoms with Gasteiger partial charge in [-0.15, -0.1) is 11.8 Å². The summed E-state index contributed by atoms with van der Waals surface area (Å²) in [5.41, 5.74) is 6.01. The number of aromatic nitrogens is 2. The molecule has 0 aliphatic carbocycles. The second-order valence-electron chi connectivity index (χ2n) is 4.15. The lowest BCUT2D eigenvalue weighted by molar-refractivity contribution is 0.491. The molecule has 0 radical (unpaired) electrons. The Morgan fingerprint density at radius 3 is 2.87 bits per heavy atom. The van der Waals surface area contributed by atoms with Crippen LogP contribution in [-0.4, -0.2) is 15.5 Å². The fourth-order valence-corrected chi connectivity index (χ4v) is 2.06. The smallest absolute Gasteiger partial charge is 0.135 e. The van der Waals surface area contributed by atoms with Gasteiger partial charge in [0, 0.05) is 6.54 Å². The zero-order chi connectivity index (χ0) is 11.3. The van der Waals surface area contributed by atoms with Crippen molar-refractivity contribution >= 4 is 17.6 Å². The maximum Gasteiger partial charge on any atom is 0.135 e. The highest BCUT2D eigenvalue weighted by molar-refractivity contribution is 7.99. The van der Waals surface area contributed by atoms with E-state index in [9.17, 15) is 0 Å². The van der Waals surface area contributed by atoms with Crippen molar-refractivity contribution in [3.8, 4) is 0 Å². The minimum absolute atomic E-state index is 0.695. The molecule has 0 unspecified atom stereocenters. The third kappa shape index (κ3) is 3.78. The number of hydrogen-bond acceptors (Lipinski definition) is 3. The van der Waals surface area contributed by atoms with Crippen LogP contribution in [0.25, 0.3) is 0 Å². The molecule has 0 saturated carbocycles. The van der Waals surface area contributed by atoms with Crippen molar-refractivity contribution in [3.05, 3.63) is 6.20 Å². The summed E-state index contributed by atoms with van der Waals surface area (Å²) in [6.45, 7) is 7.53. The van der Waals surface area contributed by atoms with Crippen molar-refractivity contribution in [2.24, 2.45) is 5.92 Å². The van der Waals surface area contributed by atoms with Crippen molar-refractivity contribution in [1.82, 2.24) is 9.78 Å². The van der Waals surface area contributed by atoms with Gasteiger partial charge < -0.3 is 5.73 Å². The number of nitrogen functional groups attached to an aromatic ring is 1. The van der Waals surface area contributed by atoms with Crippen LogP contribution in [-0.2, 0) is 6.54 Å². The number of rotatable bonds is 6. The Kier molecular flexibility index (Phi) is 5.02. The lowest BCUT2D eigenvalue weighted by Crippen LogP contribution is -2.07. The van der Waals surface area contributed by atoms with Gasteiger partial charge in [-0.1, -0.05) is 20.8 Å². The lowest BCUT2D eigenvalue weighted by Gasteiger charge is -2.06. The van der Waals surface area contributed by atoms with Gasteiger partial charge in [0.15, 0.2) is 0 Å². The molecular weight excluding hydrogens is 206 g/mol. The Labute approximate surface area is 96.4 Å². The molecule has 4 heteroatoms. The van der Waals surface area contributed by atoms with Crippen molar-refractivity contribution in [2.45, 2.75) is 45.1 Å². The standard InChI is InChI=1S/C11H21N3S/c1-4-7-15-10-8-13-14(11(10)12)6-5-9(2)3/h8-9H,4-7,12H2,1-3H3. The highest BCUT2D eigenvalue weighted by Crippen LogP contribution is 2.25. The maximum atomic E-state index is 6.01. The molecule has 0 amide bonds. The molecule has 2 N–H and O–H groups in total. The molecular formula is C11H21N3S. The summed E-state index contributed by atoms with van der Waals surface area (Å²) in [6.07, 6.45) is 4.18. The third-order valence-electron chi connectivity index (χ3n) is 2.22. The summed E-state index contributed by atoms with van der Waals surface area (Å²) < 4.78 is 1.91. The molecule has 0 spiro atoms. The van der Waals surface area contributed by atoms with Crippen LogP contribution in [0.3, 0.4) is 0 Å². The average Bonchev–Trinajstić information content (AvgIpc) is 2.54. The van der Waals surface area contributed by atoms with Crippen LogP contribution in [0, 0.1) is 5.92 Å². The quantitative estimate of drug-likeness (QED) is 0.760. The fraction of sp³-hybridized carbons (Fsp3) is 0.727. The Hall–Kier alpha value is -0.640. The van der Waals surface area contributed by atoms with E-state index >= 15 is 0 Å². The van der Waals surface area contributed by atoms with E-state index in [2.05, 4.69) is 25.9 Å². The Bertz CT molecular complexity index is 294. The first-order valence-electron chi connectivity index (χ1n) is 5.59. The van der Waals surface area contributed by atoms with Gasteiger partial charge in [-0.25, -0.2) is 4.68 Å². The first kappa shape index (κ1) is 12.4. The summed E-state index contributed by atoms with van der Waals surface area (Å²) >= 11 is 1.79. The number of hydrogen-bond donors (Lipinski definition) is 1. The molecule has 1 aromatic heterocycles. The van der Waals surface area contributed by atoms with Crippen LogP contribution >= 0.6 is 11.8 Å². The molecule has 0 aliphatic heterocycles. The normalized spacial score (nSPS) is 11.2. The molecule has 86 valence electrons. The van der Waals surface area contributed by atoms with Crippen LogP contribution in [0.15, 0.2) is 11.1 Å². The van der Waals surface area contributed by atoms with E-state index in [0.29, 0.717) is 5.92 Å². The molecule has 0 bridgehead atoms. The minimum Gasteiger partial charge on any atom is -0.383 e. The average molecular weight is 227 g/mol. The monoisotopic (exact) mass is 227 g/mol. The van der Waals surface area contributed by atoms with Crippen molar-refractivity contribution in [3.63, 3.8) is 0 Å². The van der Waals surface area contributed by atoms with Gasteiger partial charge in [-0.2, -0.15) is 5.10 Å². The van der Waals surface area contributed by atoms with E-state index in [-0.39, 0.29) is 0 Å². The Morgan fingerprint density at radius 2 is 2.27 bits per heavy atom. The number of thioether (sulfide) groups is 1. The highest BCUT2D eigenvalue weighted by atomic mass is 32.2. The van der Waals surface area contributed by atoms with Gasteiger partial charge in [0.25, 0.3) is 0 Å². The molecule has 1 rings (SSSR count). The van der Waals surface area contributed by atoms with Gasteiger partial charge in [-0.05, 0) is 24.5 Å². The Morgan fingerprint density at radius 1 is 1.53 bits per heavy atom. The molecule has 1 heterocycles. The largest absolute Gasteiger partial charge is 0.383 e. The molecule has 3 nitrogen and oxygen atoms in total. The number of nitrogens with two attached hydrogens (primary N) is 1. The zero-order valence-electron chi connectivity index (χ0n) is 9.86. The summed E-state index contributed by atoms with van der Waals surface area (Å²) in [7, 11) is 0. The van der Waals surface area contributed by atoms with E-state index in [4.69, 9.17) is 5.73 Å². The van der Waals surface area contributed by atoms with Crippen LogP contribution in [0.1, 0.15) is 33.6 Å². The maximum absolute atomic E-state index is 6.01. The van der Waals surface area contributed by atoms with Crippen molar-refractivity contribution < 1.29 is 0 Å². The van der Waals surface area contributed by atoms with Crippen LogP contribution in [0.5, 0.6) is 0 Å². The minimum atomic E-state index is 0.695. The molecule has 0 aromatic carbocycles. The van der Waals surface area contributed by atoms with Gasteiger partial charge in [0.05, 0.1) is 11.1 Å². The lowest BCUT2D eigenvalue weighted by atomic mass is 10.1. The van der Waals surface area contributed by atoms with Crippen LogP contribution in [0.2, 0.25) is 0 Å². The number of nitrogens with zero attached hydrogens (tertiary/aromatic N) is 2. The van der Waals surface area contributed by atoms with Crippen molar-refractivity contribution in [2.75, 3.05) is 11.5 Å². The third-order valence-corrected chi connectivity index (χ3v) is 3.46. The van der Waals surface area contributed by atoms with E-state index in [1.54, 1.807) is 11.8 Å². The van der Waals surface area contributed by atoms with Gasteiger partial charge >= 0.3 is 0 Å². The SMILES string of the molecule is CCCSc1cnn(CCC(C)C)c1N. The van der Waals surface area contributed by atoms with Crippen LogP contribution < -0.4 is 5.73 Å². The first-order chi connectivity index (χ1) is 7.15. The first-order valence-corrected chi connectivity index (χ1v) is 6.57. The topological polar surface area (TPSA) is 43.8 Å². The predicted molar refractivity (Wildman–Crippen MR) is 67.1 cm³/mol. The molecule has 1 aromatic rings. The van der Waals surface area contributed by atoms with E-state index in [0.717, 1.165) is 29.4 Å². The number of aryl methyl sites for hydroxylation is 1. The second kappa shape index (κ2) is 6.05.